The van der Waals surface area contributed by atoms with Crippen LogP contribution >= 0.6 is 0 Å². The molecule has 0 radical (unpaired) electrons. The van der Waals surface area contributed by atoms with Gasteiger partial charge in [-0.05, 0) is 57.2 Å². The van der Waals surface area contributed by atoms with Crippen molar-refractivity contribution in [1.29, 1.82) is 0 Å². The summed E-state index contributed by atoms with van der Waals surface area (Å²) in [5.41, 5.74) is 4.19. The summed E-state index contributed by atoms with van der Waals surface area (Å²) in [4.78, 5) is 25.0. The first kappa shape index (κ1) is 16.6. The summed E-state index contributed by atoms with van der Waals surface area (Å²) >= 11 is 0. The molecule has 0 saturated carbocycles. The van der Waals surface area contributed by atoms with Crippen LogP contribution in [0.4, 0.5) is 5.69 Å². The molecule has 1 amide bonds. The van der Waals surface area contributed by atoms with E-state index in [2.05, 4.69) is 10.4 Å². The van der Waals surface area contributed by atoms with E-state index in [1.807, 2.05) is 45.0 Å². The number of nitrogens with zero attached hydrogens (tertiary/aromatic N) is 2. The van der Waals surface area contributed by atoms with E-state index in [1.165, 1.54) is 4.68 Å². The third-order valence-corrected chi connectivity index (χ3v) is 3.85. The first-order valence-corrected chi connectivity index (χ1v) is 8.00. The molecule has 1 aromatic heterocycles. The monoisotopic (exact) mass is 333 g/mol. The lowest BCUT2D eigenvalue weighted by Crippen LogP contribution is -2.16. The van der Waals surface area contributed by atoms with Gasteiger partial charge in [0.15, 0.2) is 0 Å². The third-order valence-electron chi connectivity index (χ3n) is 3.85. The van der Waals surface area contributed by atoms with Gasteiger partial charge in [-0.15, -0.1) is 0 Å². The van der Waals surface area contributed by atoms with Crippen molar-refractivity contribution in [1.82, 2.24) is 9.78 Å². The van der Waals surface area contributed by atoms with Crippen LogP contribution in [0.25, 0.3) is 0 Å². The lowest BCUT2D eigenvalue weighted by atomic mass is 10.1. The van der Waals surface area contributed by atoms with Gasteiger partial charge >= 0.3 is 0 Å². The van der Waals surface area contributed by atoms with Gasteiger partial charge in [0, 0.05) is 22.5 Å². The minimum Gasteiger partial charge on any atom is -0.322 e. The maximum Gasteiger partial charge on any atom is 0.278 e. The molecule has 2 aromatic carbocycles. The number of benzene rings is 2. The molecular weight excluding hydrogens is 314 g/mol. The van der Waals surface area contributed by atoms with Gasteiger partial charge in [-0.2, -0.15) is 5.10 Å². The Labute approximate surface area is 146 Å². The lowest BCUT2D eigenvalue weighted by Gasteiger charge is -2.08. The van der Waals surface area contributed by atoms with E-state index in [0.29, 0.717) is 16.8 Å². The molecule has 0 aliphatic heterocycles. The van der Waals surface area contributed by atoms with Crippen LogP contribution in [0.2, 0.25) is 0 Å². The van der Waals surface area contributed by atoms with E-state index in [9.17, 15) is 9.59 Å². The number of aryl methyl sites for hydroxylation is 3. The van der Waals surface area contributed by atoms with Crippen molar-refractivity contribution in [2.75, 3.05) is 5.32 Å². The lowest BCUT2D eigenvalue weighted by molar-refractivity contribution is 0.0941. The van der Waals surface area contributed by atoms with Crippen LogP contribution in [0.5, 0.6) is 0 Å². The number of carbonyl (C=O) groups excluding carboxylic acids is 2. The largest absolute Gasteiger partial charge is 0.322 e. The molecule has 126 valence electrons. The molecule has 3 rings (SSSR count). The van der Waals surface area contributed by atoms with Gasteiger partial charge in [0.25, 0.3) is 11.8 Å². The second-order valence-corrected chi connectivity index (χ2v) is 6.05. The minimum absolute atomic E-state index is 0.209. The average molecular weight is 333 g/mol. The van der Waals surface area contributed by atoms with Crippen LogP contribution in [-0.2, 0) is 0 Å². The zero-order valence-electron chi connectivity index (χ0n) is 14.4. The molecule has 0 bridgehead atoms. The first-order valence-electron chi connectivity index (χ1n) is 8.00. The summed E-state index contributed by atoms with van der Waals surface area (Å²) in [6.45, 7) is 5.61. The van der Waals surface area contributed by atoms with Crippen LogP contribution < -0.4 is 5.32 Å². The van der Waals surface area contributed by atoms with E-state index in [-0.39, 0.29) is 11.8 Å². The van der Waals surface area contributed by atoms with Gasteiger partial charge in [0.2, 0.25) is 0 Å². The Bertz CT molecular complexity index is 957. The molecule has 0 atom stereocenters. The maximum atomic E-state index is 12.6. The maximum absolute atomic E-state index is 12.6. The number of aromatic nitrogens is 2. The summed E-state index contributed by atoms with van der Waals surface area (Å²) in [6.07, 6.45) is 0. The minimum atomic E-state index is -0.225. The second kappa shape index (κ2) is 6.73. The Kier molecular flexibility index (Phi) is 4.48. The Hall–Kier alpha value is -3.21. The first-order chi connectivity index (χ1) is 11.9. The zero-order valence-corrected chi connectivity index (χ0v) is 14.4. The van der Waals surface area contributed by atoms with E-state index >= 15 is 0 Å². The summed E-state index contributed by atoms with van der Waals surface area (Å²) in [5, 5.41) is 7.05. The van der Waals surface area contributed by atoms with Crippen LogP contribution in [0.15, 0.2) is 54.6 Å². The number of carbonyl (C=O) groups is 2. The van der Waals surface area contributed by atoms with E-state index < -0.39 is 0 Å². The number of hydrogen-bond acceptors (Lipinski definition) is 3. The molecule has 3 aromatic rings. The SMILES string of the molecule is Cc1cccc(C(=O)Nc2cccc(C(=O)n3nc(C)cc3C)c2)c1. The highest BCUT2D eigenvalue weighted by molar-refractivity contribution is 6.05. The second-order valence-electron chi connectivity index (χ2n) is 6.05. The smallest absolute Gasteiger partial charge is 0.278 e. The molecule has 0 fully saturated rings. The molecule has 1 N–H and O–H groups in total. The molecule has 0 aliphatic carbocycles. The summed E-state index contributed by atoms with van der Waals surface area (Å²) < 4.78 is 1.37. The van der Waals surface area contributed by atoms with Crippen molar-refractivity contribution in [2.45, 2.75) is 20.8 Å². The molecular formula is C20H19N3O2. The van der Waals surface area contributed by atoms with Crippen LogP contribution in [0, 0.1) is 20.8 Å². The van der Waals surface area contributed by atoms with E-state index in [4.69, 9.17) is 0 Å². The van der Waals surface area contributed by atoms with Crippen molar-refractivity contribution in [3.05, 3.63) is 82.7 Å². The highest BCUT2D eigenvalue weighted by atomic mass is 16.2. The van der Waals surface area contributed by atoms with Gasteiger partial charge in [0.1, 0.15) is 0 Å². The molecule has 0 unspecified atom stereocenters. The predicted octanol–water partition coefficient (Wildman–Crippen LogP) is 3.75. The standard InChI is InChI=1S/C20H19N3O2/c1-13-6-4-7-16(10-13)19(24)21-18-9-5-8-17(12-18)20(25)23-15(3)11-14(2)22-23/h4-12H,1-3H3,(H,21,24). The van der Waals surface area contributed by atoms with E-state index in [0.717, 1.165) is 17.0 Å². The number of anilines is 1. The Morgan fingerprint density at radius 3 is 2.32 bits per heavy atom. The molecule has 1 heterocycles. The van der Waals surface area contributed by atoms with Crippen LogP contribution in [-0.4, -0.2) is 21.6 Å². The van der Waals surface area contributed by atoms with Crippen molar-refractivity contribution in [2.24, 2.45) is 0 Å². The van der Waals surface area contributed by atoms with Gasteiger partial charge in [-0.3, -0.25) is 9.59 Å². The molecule has 25 heavy (non-hydrogen) atoms. The number of rotatable bonds is 3. The van der Waals surface area contributed by atoms with Gasteiger partial charge in [0.05, 0.1) is 5.69 Å². The Morgan fingerprint density at radius 2 is 1.64 bits per heavy atom. The number of nitrogens with one attached hydrogen (secondary N) is 1. The molecule has 0 spiro atoms. The normalized spacial score (nSPS) is 10.5. The number of hydrogen-bond donors (Lipinski definition) is 1. The van der Waals surface area contributed by atoms with Crippen molar-refractivity contribution >= 4 is 17.5 Å². The number of amides is 1. The quantitative estimate of drug-likeness (QED) is 0.794. The topological polar surface area (TPSA) is 64.0 Å². The average Bonchev–Trinajstić information content (AvgIpc) is 2.92. The van der Waals surface area contributed by atoms with Gasteiger partial charge in [-0.1, -0.05) is 23.8 Å². The van der Waals surface area contributed by atoms with Crippen molar-refractivity contribution in [3.8, 4) is 0 Å². The van der Waals surface area contributed by atoms with Crippen molar-refractivity contribution < 1.29 is 9.59 Å². The Balaban J connectivity index is 1.83. The molecule has 5 heteroatoms. The summed E-state index contributed by atoms with van der Waals surface area (Å²) in [5.74, 6) is -0.434. The third kappa shape index (κ3) is 3.66. The molecule has 0 saturated heterocycles. The highest BCUT2D eigenvalue weighted by Crippen LogP contribution is 2.15. The fourth-order valence-electron chi connectivity index (χ4n) is 2.68. The molecule has 0 aliphatic rings. The fraction of sp³-hybridized carbons (Fsp3) is 0.150. The van der Waals surface area contributed by atoms with E-state index in [1.54, 1.807) is 30.3 Å². The van der Waals surface area contributed by atoms with Crippen LogP contribution in [0.1, 0.15) is 37.7 Å². The zero-order chi connectivity index (χ0) is 18.0. The fourth-order valence-corrected chi connectivity index (χ4v) is 2.68. The summed E-state index contributed by atoms with van der Waals surface area (Å²) in [6, 6.07) is 16.1. The molecule has 5 nitrogen and oxygen atoms in total. The van der Waals surface area contributed by atoms with Gasteiger partial charge < -0.3 is 5.32 Å². The highest BCUT2D eigenvalue weighted by Gasteiger charge is 2.14. The van der Waals surface area contributed by atoms with Gasteiger partial charge in [-0.25, -0.2) is 4.68 Å². The summed E-state index contributed by atoms with van der Waals surface area (Å²) in [7, 11) is 0. The van der Waals surface area contributed by atoms with Crippen LogP contribution in [0.3, 0.4) is 0 Å². The predicted molar refractivity (Wildman–Crippen MR) is 97.0 cm³/mol. The van der Waals surface area contributed by atoms with Crippen molar-refractivity contribution in [3.63, 3.8) is 0 Å². The Morgan fingerprint density at radius 1 is 0.920 bits per heavy atom.